The van der Waals surface area contributed by atoms with Gasteiger partial charge in [-0.1, -0.05) is 30.5 Å². The molecule has 3 aromatic rings. The summed E-state index contributed by atoms with van der Waals surface area (Å²) in [4.78, 5) is 29.3. The van der Waals surface area contributed by atoms with Crippen LogP contribution in [-0.4, -0.2) is 62.7 Å². The standard InChI is InChI=1S/C27H42ClN8O5PS/c1-9-27(6,24(37)40-26(3,4)5)34-42(41-19-12-10-18(28)11-13-19)39-15-20(38-7)14-17(2)36-16-30-21-22(33-35-43-8)31-25(29)32-23(21)36/h10-13,16-17,20,34-35H,9,14-15H2,1-8H3,(H3,29,31,32,33). The van der Waals surface area contributed by atoms with Crippen molar-refractivity contribution in [3.05, 3.63) is 35.6 Å². The molecular weight excluding hydrogens is 615 g/mol. The van der Waals surface area contributed by atoms with E-state index in [2.05, 4.69) is 30.3 Å². The molecule has 0 spiro atoms. The molecule has 0 fully saturated rings. The van der Waals surface area contributed by atoms with Gasteiger partial charge in [0.25, 0.3) is 0 Å². The second-order valence-electron chi connectivity index (χ2n) is 11.0. The van der Waals surface area contributed by atoms with Gasteiger partial charge in [0.05, 0.1) is 19.0 Å². The number of hydrazine groups is 1. The monoisotopic (exact) mass is 656 g/mol. The van der Waals surface area contributed by atoms with Gasteiger partial charge in [0.2, 0.25) is 5.95 Å². The van der Waals surface area contributed by atoms with Gasteiger partial charge >= 0.3 is 14.5 Å². The number of carbonyl (C=O) groups is 1. The average Bonchev–Trinajstić information content (AvgIpc) is 3.37. The van der Waals surface area contributed by atoms with Crippen molar-refractivity contribution in [1.29, 1.82) is 0 Å². The molecule has 0 radical (unpaired) electrons. The predicted molar refractivity (Wildman–Crippen MR) is 173 cm³/mol. The van der Waals surface area contributed by atoms with Crippen molar-refractivity contribution < 1.29 is 23.3 Å². The molecule has 2 aromatic heterocycles. The number of halogens is 1. The summed E-state index contributed by atoms with van der Waals surface area (Å²) in [5.41, 5.74) is 8.42. The van der Waals surface area contributed by atoms with Crippen LogP contribution in [0.2, 0.25) is 5.02 Å². The van der Waals surface area contributed by atoms with Crippen LogP contribution in [0.4, 0.5) is 11.8 Å². The summed E-state index contributed by atoms with van der Waals surface area (Å²) < 4.78 is 25.9. The quantitative estimate of drug-likeness (QED) is 0.0649. The van der Waals surface area contributed by atoms with Crippen LogP contribution >= 0.6 is 32.1 Å². The summed E-state index contributed by atoms with van der Waals surface area (Å²) in [6, 6.07) is 6.84. The number of nitrogen functional groups attached to an aromatic ring is 1. The van der Waals surface area contributed by atoms with Crippen molar-refractivity contribution in [3.63, 3.8) is 0 Å². The minimum atomic E-state index is -1.81. The molecular formula is C27H42ClN8O5PS. The lowest BCUT2D eigenvalue weighted by Crippen LogP contribution is -2.50. The van der Waals surface area contributed by atoms with E-state index in [-0.39, 0.29) is 24.7 Å². The number of anilines is 2. The number of rotatable bonds is 16. The highest BCUT2D eigenvalue weighted by Crippen LogP contribution is 2.40. The number of benzene rings is 1. The van der Waals surface area contributed by atoms with Crippen molar-refractivity contribution >= 4 is 61.0 Å². The summed E-state index contributed by atoms with van der Waals surface area (Å²) in [7, 11) is -0.192. The summed E-state index contributed by atoms with van der Waals surface area (Å²) in [5, 5.41) is 3.85. The molecule has 4 unspecified atom stereocenters. The maximum absolute atomic E-state index is 13.2. The van der Waals surface area contributed by atoms with Crippen molar-refractivity contribution in [2.75, 3.05) is 31.1 Å². The number of nitrogens with two attached hydrogens (primary N) is 1. The maximum Gasteiger partial charge on any atom is 0.327 e. The molecule has 4 atom stereocenters. The largest absolute Gasteiger partial charge is 0.459 e. The van der Waals surface area contributed by atoms with Gasteiger partial charge in [0, 0.05) is 18.2 Å². The van der Waals surface area contributed by atoms with Gasteiger partial charge in [-0.25, -0.2) is 10.1 Å². The molecule has 0 aliphatic carbocycles. The van der Waals surface area contributed by atoms with E-state index in [4.69, 9.17) is 35.9 Å². The van der Waals surface area contributed by atoms with Crippen LogP contribution in [0.25, 0.3) is 11.2 Å². The molecule has 2 heterocycles. The molecule has 43 heavy (non-hydrogen) atoms. The summed E-state index contributed by atoms with van der Waals surface area (Å²) in [5.74, 6) is 0.744. The van der Waals surface area contributed by atoms with Gasteiger partial charge in [0.15, 0.2) is 17.0 Å². The first-order valence-electron chi connectivity index (χ1n) is 13.7. The van der Waals surface area contributed by atoms with Crippen molar-refractivity contribution in [2.24, 2.45) is 0 Å². The number of imidazole rings is 1. The fraction of sp³-hybridized carbons (Fsp3) is 0.556. The third-order valence-electron chi connectivity index (χ3n) is 6.40. The van der Waals surface area contributed by atoms with Gasteiger partial charge in [0.1, 0.15) is 16.9 Å². The lowest BCUT2D eigenvalue weighted by atomic mass is 10.0. The van der Waals surface area contributed by atoms with Gasteiger partial charge in [-0.05, 0) is 78.0 Å². The lowest BCUT2D eigenvalue weighted by molar-refractivity contribution is -0.162. The highest BCUT2D eigenvalue weighted by atomic mass is 35.5. The van der Waals surface area contributed by atoms with Crippen LogP contribution in [-0.2, 0) is 18.8 Å². The van der Waals surface area contributed by atoms with E-state index >= 15 is 0 Å². The Morgan fingerprint density at radius 3 is 2.51 bits per heavy atom. The van der Waals surface area contributed by atoms with Crippen LogP contribution in [0.5, 0.6) is 5.75 Å². The first kappa shape index (κ1) is 35.0. The Morgan fingerprint density at radius 2 is 1.91 bits per heavy atom. The maximum atomic E-state index is 13.2. The zero-order chi connectivity index (χ0) is 31.8. The zero-order valence-electron chi connectivity index (χ0n) is 25.8. The molecule has 13 nitrogen and oxygen atoms in total. The Labute approximate surface area is 263 Å². The minimum Gasteiger partial charge on any atom is -0.459 e. The van der Waals surface area contributed by atoms with E-state index in [0.29, 0.717) is 40.6 Å². The number of carbonyl (C=O) groups excluding carboxylic acids is 1. The van der Waals surface area contributed by atoms with Crippen molar-refractivity contribution in [2.45, 2.75) is 77.7 Å². The topological polar surface area (TPSA) is 160 Å². The number of aromatic nitrogens is 4. The molecule has 0 amide bonds. The molecule has 0 aliphatic heterocycles. The van der Waals surface area contributed by atoms with E-state index in [1.807, 2.05) is 45.4 Å². The molecule has 3 rings (SSSR count). The first-order valence-corrected chi connectivity index (χ1v) is 16.5. The summed E-state index contributed by atoms with van der Waals surface area (Å²) in [6.07, 6.45) is 4.24. The number of hydrogen-bond acceptors (Lipinski definition) is 13. The van der Waals surface area contributed by atoms with Gasteiger partial charge in [-0.2, -0.15) is 14.8 Å². The van der Waals surface area contributed by atoms with Crippen molar-refractivity contribution in [1.82, 2.24) is 29.4 Å². The van der Waals surface area contributed by atoms with E-state index in [1.165, 1.54) is 11.9 Å². The summed E-state index contributed by atoms with van der Waals surface area (Å²) in [6.45, 7) is 11.4. The predicted octanol–water partition coefficient (Wildman–Crippen LogP) is 5.65. The molecule has 1 aromatic carbocycles. The Hall–Kier alpha value is -2.45. The third kappa shape index (κ3) is 10.0. The fourth-order valence-corrected chi connectivity index (χ4v) is 5.61. The number of methoxy groups -OCH3 is 1. The van der Waals surface area contributed by atoms with Crippen LogP contribution in [0.15, 0.2) is 30.6 Å². The number of fused-ring (bicyclic) bond motifs is 1. The summed E-state index contributed by atoms with van der Waals surface area (Å²) >= 11 is 7.44. The number of nitrogens with zero attached hydrogens (tertiary/aromatic N) is 4. The fourth-order valence-electron chi connectivity index (χ4n) is 3.85. The molecule has 0 aliphatic rings. The molecule has 5 N–H and O–H groups in total. The first-order chi connectivity index (χ1) is 20.3. The van der Waals surface area contributed by atoms with E-state index in [0.717, 1.165) is 0 Å². The highest BCUT2D eigenvalue weighted by Gasteiger charge is 2.39. The minimum absolute atomic E-state index is 0.0896. The number of hydrogen-bond donors (Lipinski definition) is 4. The third-order valence-corrected chi connectivity index (χ3v) is 8.39. The van der Waals surface area contributed by atoms with Gasteiger partial charge in [-0.15, -0.1) is 0 Å². The van der Waals surface area contributed by atoms with E-state index < -0.39 is 25.6 Å². The SMILES string of the molecule is CCC(C)(NP(OCC(CC(C)n1cnc2c(NNSC)nc(N)nc21)OC)Oc1ccc(Cl)cc1)C(=O)OC(C)(C)C. The van der Waals surface area contributed by atoms with Gasteiger partial charge in [-0.3, -0.25) is 10.2 Å². The van der Waals surface area contributed by atoms with Crippen LogP contribution in [0.3, 0.4) is 0 Å². The van der Waals surface area contributed by atoms with Crippen LogP contribution in [0, 0.1) is 0 Å². The van der Waals surface area contributed by atoms with Gasteiger partial charge < -0.3 is 28.8 Å². The second-order valence-corrected chi connectivity index (χ2v) is 13.3. The van der Waals surface area contributed by atoms with Crippen molar-refractivity contribution in [3.8, 4) is 5.75 Å². The van der Waals surface area contributed by atoms with Crippen LogP contribution in [0.1, 0.15) is 60.4 Å². The molecule has 16 heteroatoms. The molecule has 0 saturated heterocycles. The Bertz CT molecular complexity index is 1350. The molecule has 0 saturated carbocycles. The number of esters is 1. The Morgan fingerprint density at radius 1 is 1.21 bits per heavy atom. The van der Waals surface area contributed by atoms with E-state index in [9.17, 15) is 4.79 Å². The average molecular weight is 657 g/mol. The molecule has 0 bridgehead atoms. The smallest absolute Gasteiger partial charge is 0.327 e. The Kier molecular flexibility index (Phi) is 12.6. The molecule has 238 valence electrons. The van der Waals surface area contributed by atoms with Crippen LogP contribution < -0.4 is 25.6 Å². The zero-order valence-corrected chi connectivity index (χ0v) is 28.3. The normalized spacial score (nSPS) is 15.5. The Balaban J connectivity index is 1.77. The number of nitrogens with one attached hydrogen (secondary N) is 3. The lowest BCUT2D eigenvalue weighted by Gasteiger charge is -2.34. The second kappa shape index (κ2) is 15.5. The number of ether oxygens (including phenoxy) is 2. The highest BCUT2D eigenvalue weighted by molar-refractivity contribution is 7.96. The van der Waals surface area contributed by atoms with E-state index in [1.54, 1.807) is 44.6 Å².